The Kier molecular flexibility index (Phi) is 8.40. The Labute approximate surface area is 170 Å². The van der Waals surface area contributed by atoms with Crippen LogP contribution >= 0.6 is 0 Å². The Morgan fingerprint density at radius 1 is 1.00 bits per heavy atom. The zero-order valence-corrected chi connectivity index (χ0v) is 17.5. The maximum atomic E-state index is 12.8. The van der Waals surface area contributed by atoms with Gasteiger partial charge in [-0.2, -0.15) is 0 Å². The van der Waals surface area contributed by atoms with Crippen molar-refractivity contribution in [1.82, 2.24) is 5.32 Å². The minimum atomic E-state index is -0.919. The van der Waals surface area contributed by atoms with E-state index in [1.54, 1.807) is 18.2 Å². The number of rotatable bonds is 8. The van der Waals surface area contributed by atoms with Crippen LogP contribution in [-0.4, -0.2) is 11.4 Å². The van der Waals surface area contributed by atoms with Gasteiger partial charge in [-0.3, -0.25) is 4.79 Å². The summed E-state index contributed by atoms with van der Waals surface area (Å²) in [6.45, 7) is 23.7. The first-order valence-corrected chi connectivity index (χ1v) is 9.29. The van der Waals surface area contributed by atoms with E-state index in [0.717, 1.165) is 27.9 Å². The fourth-order valence-corrected chi connectivity index (χ4v) is 3.00. The molecule has 0 aromatic heterocycles. The molecule has 2 heteroatoms. The quantitative estimate of drug-likeness (QED) is 0.396. The van der Waals surface area contributed by atoms with Crippen LogP contribution in [0.15, 0.2) is 121 Å². The predicted octanol–water partition coefficient (Wildman–Crippen LogP) is 6.24. The molecule has 0 spiro atoms. The highest BCUT2D eigenvalue weighted by Crippen LogP contribution is 2.43. The maximum absolute atomic E-state index is 12.8. The smallest absolute Gasteiger partial charge is 0.252 e. The lowest BCUT2D eigenvalue weighted by Gasteiger charge is -2.33. The molecule has 28 heavy (non-hydrogen) atoms. The molecule has 1 rings (SSSR count). The second-order valence-electron chi connectivity index (χ2n) is 6.55. The third kappa shape index (κ3) is 4.58. The van der Waals surface area contributed by atoms with E-state index in [4.69, 9.17) is 0 Å². The monoisotopic (exact) mass is 373 g/mol. The standard InChI is InChI=1S/C26H31NO/c1-9-14-24-23(13-5)25(28)27-26(24,21(8)17-15-19(6)10-2)22(12-4)18-16-20(7)11-3/h9-18H,1,3-4,8H2,2,5-7H3,(H,27,28)/b17-15-,19-10-,20-16-,22-18+,23-13+,24-14+. The van der Waals surface area contributed by atoms with Crippen molar-refractivity contribution in [1.29, 1.82) is 0 Å². The van der Waals surface area contributed by atoms with Crippen molar-refractivity contribution in [2.24, 2.45) is 0 Å². The van der Waals surface area contributed by atoms with Crippen LogP contribution in [0.2, 0.25) is 0 Å². The number of hydrogen-bond acceptors (Lipinski definition) is 1. The largest absolute Gasteiger partial charge is 0.334 e. The van der Waals surface area contributed by atoms with Gasteiger partial charge in [0, 0.05) is 5.57 Å². The van der Waals surface area contributed by atoms with Gasteiger partial charge in [0.2, 0.25) is 0 Å². The topological polar surface area (TPSA) is 29.1 Å². The Morgan fingerprint density at radius 2 is 1.68 bits per heavy atom. The summed E-state index contributed by atoms with van der Waals surface area (Å²) in [6, 6.07) is 0. The summed E-state index contributed by atoms with van der Waals surface area (Å²) in [7, 11) is 0. The molecular weight excluding hydrogens is 342 g/mol. The van der Waals surface area contributed by atoms with E-state index in [9.17, 15) is 4.79 Å². The summed E-state index contributed by atoms with van der Waals surface area (Å²) in [5, 5.41) is 3.15. The van der Waals surface area contributed by atoms with Gasteiger partial charge in [0.1, 0.15) is 5.54 Å². The van der Waals surface area contributed by atoms with Gasteiger partial charge in [-0.05, 0) is 44.4 Å². The Bertz CT molecular complexity index is 868. The molecule has 0 aromatic carbocycles. The molecule has 1 atom stereocenters. The van der Waals surface area contributed by atoms with E-state index < -0.39 is 5.54 Å². The number of hydrogen-bond donors (Lipinski definition) is 1. The van der Waals surface area contributed by atoms with Gasteiger partial charge in [-0.15, -0.1) is 0 Å². The molecule has 0 radical (unpaired) electrons. The maximum Gasteiger partial charge on any atom is 0.252 e. The molecule has 1 aliphatic heterocycles. The number of allylic oxidation sites excluding steroid dienone is 10. The normalized spacial score (nSPS) is 24.0. The van der Waals surface area contributed by atoms with Gasteiger partial charge in [0.05, 0.1) is 0 Å². The summed E-state index contributed by atoms with van der Waals surface area (Å²) >= 11 is 0. The zero-order chi connectivity index (χ0) is 21.3. The molecule has 1 heterocycles. The van der Waals surface area contributed by atoms with Crippen molar-refractivity contribution in [3.05, 3.63) is 121 Å². The van der Waals surface area contributed by atoms with Gasteiger partial charge >= 0.3 is 0 Å². The summed E-state index contributed by atoms with van der Waals surface area (Å²) in [5.74, 6) is -0.148. The number of amides is 1. The zero-order valence-electron chi connectivity index (χ0n) is 17.5. The SMILES string of the molecule is C=C/C=C1\C(=C/C)C(=O)NC1(C(=C)/C=C\C(C)=C/C)/C(C=C)=C/C=C(/C)C=C. The molecular formula is C26H31NO. The minimum absolute atomic E-state index is 0.148. The van der Waals surface area contributed by atoms with E-state index in [-0.39, 0.29) is 5.91 Å². The highest BCUT2D eigenvalue weighted by molar-refractivity contribution is 6.05. The molecule has 0 aromatic rings. The molecule has 1 N–H and O–H groups in total. The van der Waals surface area contributed by atoms with Crippen molar-refractivity contribution < 1.29 is 4.79 Å². The molecule has 2 nitrogen and oxygen atoms in total. The molecule has 0 bridgehead atoms. The lowest BCUT2D eigenvalue weighted by atomic mass is 9.75. The van der Waals surface area contributed by atoms with Crippen LogP contribution < -0.4 is 5.32 Å². The van der Waals surface area contributed by atoms with Crippen LogP contribution in [0.3, 0.4) is 0 Å². The van der Waals surface area contributed by atoms with Crippen molar-refractivity contribution in [2.75, 3.05) is 0 Å². The second kappa shape index (κ2) is 10.3. The van der Waals surface area contributed by atoms with Gasteiger partial charge < -0.3 is 5.32 Å². The Hall–Kier alpha value is -3.13. The average molecular weight is 374 g/mol. The fraction of sp³-hybridized carbons (Fsp3) is 0.192. The lowest BCUT2D eigenvalue weighted by molar-refractivity contribution is -0.116. The summed E-state index contributed by atoms with van der Waals surface area (Å²) in [6.07, 6.45) is 18.7. The van der Waals surface area contributed by atoms with Gasteiger partial charge in [-0.1, -0.05) is 98.2 Å². The van der Waals surface area contributed by atoms with Gasteiger partial charge in [0.25, 0.3) is 5.91 Å². The number of carbonyl (C=O) groups excluding carboxylic acids is 1. The molecule has 1 saturated heterocycles. The number of nitrogens with one attached hydrogen (secondary N) is 1. The third-order valence-electron chi connectivity index (χ3n) is 4.80. The van der Waals surface area contributed by atoms with Crippen molar-refractivity contribution >= 4 is 5.91 Å². The first kappa shape index (κ1) is 22.9. The molecule has 1 unspecified atom stereocenters. The molecule has 1 aliphatic rings. The highest BCUT2D eigenvalue weighted by Gasteiger charge is 2.48. The molecule has 146 valence electrons. The Balaban J connectivity index is 3.84. The van der Waals surface area contributed by atoms with Crippen molar-refractivity contribution in [3.8, 4) is 0 Å². The van der Waals surface area contributed by atoms with E-state index in [1.807, 2.05) is 70.2 Å². The molecule has 0 saturated carbocycles. The summed E-state index contributed by atoms with van der Waals surface area (Å²) < 4.78 is 0. The first-order valence-electron chi connectivity index (χ1n) is 9.29. The fourth-order valence-electron chi connectivity index (χ4n) is 3.00. The molecule has 1 fully saturated rings. The van der Waals surface area contributed by atoms with Crippen LogP contribution in [0, 0.1) is 0 Å². The van der Waals surface area contributed by atoms with Crippen molar-refractivity contribution in [3.63, 3.8) is 0 Å². The first-order chi connectivity index (χ1) is 13.3. The number of carbonyl (C=O) groups is 1. The van der Waals surface area contributed by atoms with Gasteiger partial charge in [0.15, 0.2) is 0 Å². The second-order valence-corrected chi connectivity index (χ2v) is 6.55. The van der Waals surface area contributed by atoms with E-state index in [1.165, 1.54) is 0 Å². The van der Waals surface area contributed by atoms with E-state index in [0.29, 0.717) is 5.57 Å². The molecule has 1 amide bonds. The lowest BCUT2D eigenvalue weighted by Crippen LogP contribution is -2.45. The molecule has 0 aliphatic carbocycles. The van der Waals surface area contributed by atoms with E-state index >= 15 is 0 Å². The van der Waals surface area contributed by atoms with E-state index in [2.05, 4.69) is 31.6 Å². The van der Waals surface area contributed by atoms with Crippen molar-refractivity contribution in [2.45, 2.75) is 33.2 Å². The van der Waals surface area contributed by atoms with Gasteiger partial charge in [-0.25, -0.2) is 0 Å². The summed E-state index contributed by atoms with van der Waals surface area (Å²) in [4.78, 5) is 12.8. The summed E-state index contributed by atoms with van der Waals surface area (Å²) in [5.41, 5.74) is 4.16. The van der Waals surface area contributed by atoms with Crippen LogP contribution in [0.25, 0.3) is 0 Å². The highest BCUT2D eigenvalue weighted by atomic mass is 16.2. The predicted molar refractivity (Wildman–Crippen MR) is 123 cm³/mol. The third-order valence-corrected chi connectivity index (χ3v) is 4.80. The van der Waals surface area contributed by atoms with Crippen LogP contribution in [0.5, 0.6) is 0 Å². The Morgan fingerprint density at radius 3 is 2.18 bits per heavy atom. The van der Waals surface area contributed by atoms with Crippen LogP contribution in [0.4, 0.5) is 0 Å². The van der Waals surface area contributed by atoms with Crippen LogP contribution in [0.1, 0.15) is 27.7 Å². The van der Waals surface area contributed by atoms with Crippen LogP contribution in [-0.2, 0) is 4.79 Å². The minimum Gasteiger partial charge on any atom is -0.334 e. The average Bonchev–Trinajstić information content (AvgIpc) is 2.98.